The van der Waals surface area contributed by atoms with E-state index in [0.717, 1.165) is 16.8 Å². The first-order valence-corrected chi connectivity index (χ1v) is 7.12. The maximum Gasteiger partial charge on any atom is 0.335 e. The summed E-state index contributed by atoms with van der Waals surface area (Å²) in [4.78, 5) is 10.8. The molecular weight excluding hydrogens is 282 g/mol. The van der Waals surface area contributed by atoms with Crippen molar-refractivity contribution in [3.8, 4) is 0 Å². The number of ether oxygens (including phenoxy) is 2. The normalized spacial score (nSPS) is 14.9. The SMILES string of the molecule is O=C(O)c1ccc(NCc2ccc(C3OCCO3)cc2)cc1. The summed E-state index contributed by atoms with van der Waals surface area (Å²) >= 11 is 0. The van der Waals surface area contributed by atoms with Gasteiger partial charge < -0.3 is 19.9 Å². The number of nitrogens with one attached hydrogen (secondary N) is 1. The van der Waals surface area contributed by atoms with E-state index >= 15 is 0 Å². The maximum atomic E-state index is 10.8. The Kier molecular flexibility index (Phi) is 4.37. The van der Waals surface area contributed by atoms with E-state index in [-0.39, 0.29) is 11.9 Å². The van der Waals surface area contributed by atoms with Gasteiger partial charge in [-0.1, -0.05) is 24.3 Å². The van der Waals surface area contributed by atoms with Gasteiger partial charge in [0.1, 0.15) is 0 Å². The molecule has 0 saturated carbocycles. The Bertz CT molecular complexity index is 631. The second-order valence-electron chi connectivity index (χ2n) is 5.05. The minimum absolute atomic E-state index is 0.245. The van der Waals surface area contributed by atoms with Gasteiger partial charge in [-0.3, -0.25) is 0 Å². The second kappa shape index (κ2) is 6.60. The number of carbonyl (C=O) groups is 1. The lowest BCUT2D eigenvalue weighted by atomic mass is 10.1. The molecule has 0 aliphatic carbocycles. The van der Waals surface area contributed by atoms with Crippen LogP contribution in [0.4, 0.5) is 5.69 Å². The Balaban J connectivity index is 1.57. The Morgan fingerprint density at radius 3 is 2.27 bits per heavy atom. The summed E-state index contributed by atoms with van der Waals surface area (Å²) in [5.41, 5.74) is 3.32. The van der Waals surface area contributed by atoms with Crippen LogP contribution in [0.2, 0.25) is 0 Å². The lowest BCUT2D eigenvalue weighted by molar-refractivity contribution is -0.0441. The summed E-state index contributed by atoms with van der Waals surface area (Å²) in [5.74, 6) is -0.918. The van der Waals surface area contributed by atoms with Crippen LogP contribution < -0.4 is 5.32 Å². The molecular formula is C17H17NO4. The van der Waals surface area contributed by atoms with Crippen molar-refractivity contribution >= 4 is 11.7 Å². The van der Waals surface area contributed by atoms with Crippen LogP contribution in [0.1, 0.15) is 27.8 Å². The van der Waals surface area contributed by atoms with Gasteiger partial charge in [0, 0.05) is 17.8 Å². The molecule has 2 aromatic rings. The third-order valence-corrected chi connectivity index (χ3v) is 3.50. The highest BCUT2D eigenvalue weighted by Gasteiger charge is 2.17. The van der Waals surface area contributed by atoms with Crippen LogP contribution in [0.5, 0.6) is 0 Å². The summed E-state index contributed by atoms with van der Waals surface area (Å²) in [6.45, 7) is 1.94. The van der Waals surface area contributed by atoms with Crippen molar-refractivity contribution in [1.82, 2.24) is 0 Å². The van der Waals surface area contributed by atoms with Gasteiger partial charge >= 0.3 is 5.97 Å². The van der Waals surface area contributed by atoms with Gasteiger partial charge in [-0.15, -0.1) is 0 Å². The van der Waals surface area contributed by atoms with Crippen molar-refractivity contribution in [2.75, 3.05) is 18.5 Å². The molecule has 1 heterocycles. The van der Waals surface area contributed by atoms with Crippen molar-refractivity contribution in [2.24, 2.45) is 0 Å². The molecule has 0 spiro atoms. The molecule has 2 aromatic carbocycles. The number of carboxylic acids is 1. The first kappa shape index (κ1) is 14.6. The topological polar surface area (TPSA) is 67.8 Å². The molecule has 5 nitrogen and oxygen atoms in total. The van der Waals surface area contributed by atoms with Gasteiger partial charge in [0.25, 0.3) is 0 Å². The van der Waals surface area contributed by atoms with Crippen molar-refractivity contribution < 1.29 is 19.4 Å². The van der Waals surface area contributed by atoms with E-state index in [1.807, 2.05) is 24.3 Å². The van der Waals surface area contributed by atoms with E-state index in [2.05, 4.69) is 5.32 Å². The molecule has 22 heavy (non-hydrogen) atoms. The highest BCUT2D eigenvalue weighted by Crippen LogP contribution is 2.23. The standard InChI is InChI=1S/C17H17NO4/c19-16(20)13-5-7-15(8-6-13)18-11-12-1-3-14(4-2-12)17-21-9-10-22-17/h1-8,17-18H,9-11H2,(H,19,20). The molecule has 0 aromatic heterocycles. The monoisotopic (exact) mass is 299 g/mol. The summed E-state index contributed by atoms with van der Waals surface area (Å²) < 4.78 is 10.9. The van der Waals surface area contributed by atoms with Crippen LogP contribution in [0.25, 0.3) is 0 Å². The van der Waals surface area contributed by atoms with E-state index < -0.39 is 5.97 Å². The van der Waals surface area contributed by atoms with E-state index in [1.165, 1.54) is 0 Å². The lowest BCUT2D eigenvalue weighted by Crippen LogP contribution is -2.02. The number of anilines is 1. The molecule has 114 valence electrons. The number of rotatable bonds is 5. The quantitative estimate of drug-likeness (QED) is 0.888. The smallest absolute Gasteiger partial charge is 0.335 e. The summed E-state index contributed by atoms with van der Waals surface area (Å²) in [6, 6.07) is 14.8. The summed E-state index contributed by atoms with van der Waals surface area (Å²) in [5, 5.41) is 12.1. The fourth-order valence-corrected chi connectivity index (χ4v) is 2.28. The van der Waals surface area contributed by atoms with Crippen LogP contribution in [0, 0.1) is 0 Å². The molecule has 0 bridgehead atoms. The first-order valence-electron chi connectivity index (χ1n) is 7.12. The number of hydrogen-bond donors (Lipinski definition) is 2. The molecule has 0 amide bonds. The van der Waals surface area contributed by atoms with Crippen LogP contribution >= 0.6 is 0 Å². The first-order chi connectivity index (χ1) is 10.7. The number of aromatic carboxylic acids is 1. The third-order valence-electron chi connectivity index (χ3n) is 3.50. The Morgan fingerprint density at radius 1 is 1.05 bits per heavy atom. The van der Waals surface area contributed by atoms with E-state index in [1.54, 1.807) is 24.3 Å². The predicted octanol–water partition coefficient (Wildman–Crippen LogP) is 3.04. The zero-order valence-electron chi connectivity index (χ0n) is 12.0. The summed E-state index contributed by atoms with van der Waals surface area (Å²) in [7, 11) is 0. The summed E-state index contributed by atoms with van der Waals surface area (Å²) in [6.07, 6.45) is -0.245. The zero-order valence-corrected chi connectivity index (χ0v) is 12.0. The molecule has 0 atom stereocenters. The van der Waals surface area contributed by atoms with Gasteiger partial charge in [0.2, 0.25) is 0 Å². The fourth-order valence-electron chi connectivity index (χ4n) is 2.28. The molecule has 1 saturated heterocycles. The molecule has 1 aliphatic rings. The van der Waals surface area contributed by atoms with Gasteiger partial charge in [-0.25, -0.2) is 4.79 Å². The predicted molar refractivity (Wildman–Crippen MR) is 81.8 cm³/mol. The van der Waals surface area contributed by atoms with Gasteiger partial charge in [-0.2, -0.15) is 0 Å². The average Bonchev–Trinajstić information content (AvgIpc) is 3.08. The minimum atomic E-state index is -0.918. The van der Waals surface area contributed by atoms with Gasteiger partial charge in [-0.05, 0) is 29.8 Å². The third kappa shape index (κ3) is 3.44. The maximum absolute atomic E-state index is 10.8. The molecule has 0 radical (unpaired) electrons. The molecule has 1 aliphatic heterocycles. The highest BCUT2D eigenvalue weighted by molar-refractivity contribution is 5.87. The van der Waals surface area contributed by atoms with E-state index in [0.29, 0.717) is 19.8 Å². The average molecular weight is 299 g/mol. The molecule has 0 unspecified atom stereocenters. The lowest BCUT2D eigenvalue weighted by Gasteiger charge is -2.11. The Morgan fingerprint density at radius 2 is 1.68 bits per heavy atom. The van der Waals surface area contributed by atoms with Crippen LogP contribution in [0.15, 0.2) is 48.5 Å². The van der Waals surface area contributed by atoms with Gasteiger partial charge in [0.15, 0.2) is 6.29 Å². The fraction of sp³-hybridized carbons (Fsp3) is 0.235. The molecule has 3 rings (SSSR count). The Labute approximate surface area is 128 Å². The molecule has 1 fully saturated rings. The van der Waals surface area contributed by atoms with Gasteiger partial charge in [0.05, 0.1) is 18.8 Å². The van der Waals surface area contributed by atoms with Crippen LogP contribution in [0.3, 0.4) is 0 Å². The largest absolute Gasteiger partial charge is 0.478 e. The van der Waals surface area contributed by atoms with E-state index in [4.69, 9.17) is 14.6 Å². The van der Waals surface area contributed by atoms with Crippen LogP contribution in [-0.2, 0) is 16.0 Å². The number of carboxylic acid groups (broad SMARTS) is 1. The number of hydrogen-bond acceptors (Lipinski definition) is 4. The second-order valence-corrected chi connectivity index (χ2v) is 5.05. The Hall–Kier alpha value is -2.37. The molecule has 5 heteroatoms. The number of benzene rings is 2. The zero-order chi connectivity index (χ0) is 15.4. The molecule has 2 N–H and O–H groups in total. The van der Waals surface area contributed by atoms with E-state index in [9.17, 15) is 4.79 Å². The van der Waals surface area contributed by atoms with Crippen molar-refractivity contribution in [1.29, 1.82) is 0 Å². The minimum Gasteiger partial charge on any atom is -0.478 e. The van der Waals surface area contributed by atoms with Crippen molar-refractivity contribution in [3.05, 3.63) is 65.2 Å². The van der Waals surface area contributed by atoms with Crippen molar-refractivity contribution in [2.45, 2.75) is 12.8 Å². The van der Waals surface area contributed by atoms with Crippen molar-refractivity contribution in [3.63, 3.8) is 0 Å². The van der Waals surface area contributed by atoms with Crippen LogP contribution in [-0.4, -0.2) is 24.3 Å². The highest BCUT2D eigenvalue weighted by atomic mass is 16.7.